The Hall–Kier alpha value is -12.9. The van der Waals surface area contributed by atoms with Crippen molar-refractivity contribution in [3.05, 3.63) is 369 Å². The summed E-state index contributed by atoms with van der Waals surface area (Å²) in [5.41, 5.74) is 37.6. The number of nitrogens with zero attached hydrogens (tertiary/aromatic N) is 8. The lowest BCUT2D eigenvalue weighted by atomic mass is 9.78. The molecular formula is C108H88N8Si2+4. The maximum Gasteiger partial charge on any atom is 0.295 e. The molecule has 0 saturated carbocycles. The van der Waals surface area contributed by atoms with Crippen LogP contribution >= 0.6 is 0 Å². The zero-order valence-corrected chi connectivity index (χ0v) is 70.0. The molecule has 21 aromatic rings. The highest BCUT2D eigenvalue weighted by atomic mass is 28.3. The van der Waals surface area contributed by atoms with Crippen molar-refractivity contribution < 1.29 is 17.6 Å². The summed E-state index contributed by atoms with van der Waals surface area (Å²) >= 11 is 0. The monoisotopic (exact) mass is 1550 g/mol. The largest absolute Gasteiger partial charge is 0.295 e. The molecule has 10 heteroatoms. The van der Waals surface area contributed by atoms with Gasteiger partial charge in [0, 0.05) is 122 Å². The van der Waals surface area contributed by atoms with E-state index in [0.717, 1.165) is 57.5 Å². The first kappa shape index (κ1) is 67.3. The van der Waals surface area contributed by atoms with Gasteiger partial charge in [0.2, 0.25) is 8.07 Å². The number of benzene rings is 13. The van der Waals surface area contributed by atoms with Crippen molar-refractivity contribution >= 4 is 157 Å². The standard InChI is InChI=1S/2C30H23N2Si.C27H23N2.C21H19N2/c1-20-30-32-28-22(19-33(30,23-12-4-2-5-13-23)24-14-6-3-7-15-24)11-9-17-26(28)25-16-8-10-21-18-31(20)29(32)27(21)25;1-20-26-19-33(22-11-4-2-5-12-22,23-13-6-3-7-14-23)27-17-9-16-25-24-15-8-10-21-18-31(20)30(28(21)24)32(26)29(25)27;1-15-6-4-7-16(2)24(15)20-12-18-10-11-23-17(3)28-14-19-8-5-9-21-22(13-20)26(18)29(23)27(28)25(19)21;1-12-19-21(2,3)10-13-6-4-9-16-15-8-5-7-14-11-22(12)20(17(14)15)23(19)18(13)16/h2*2-17H,18-19H2,1H3;4-9,12-13H,10-11,14H2,1-3H3;4-9H,10-11H2,1-3H3/q4*+1. The molecule has 8 aliphatic heterocycles. The number of fused-ring (bicyclic) bond motifs is 4. The Kier molecular flexibility index (Phi) is 13.5. The van der Waals surface area contributed by atoms with Gasteiger partial charge in [0.15, 0.2) is 19.5 Å². The van der Waals surface area contributed by atoms with E-state index >= 15 is 0 Å². The molecule has 8 aromatic heterocycles. The molecule has 8 nitrogen and oxygen atoms in total. The van der Waals surface area contributed by atoms with E-state index in [2.05, 4.69) is 370 Å². The van der Waals surface area contributed by atoms with Crippen molar-refractivity contribution in [3.63, 3.8) is 0 Å². The fraction of sp³-hybridized carbons (Fsp3) is 0.167. The second-order valence-corrected chi connectivity index (χ2v) is 43.7. The number of aryl methyl sites for hydroxylation is 4. The number of rotatable bonds is 5. The van der Waals surface area contributed by atoms with Crippen molar-refractivity contribution in [3.8, 4) is 11.1 Å². The maximum absolute atomic E-state index is 2.69. The average Bonchev–Trinajstić information content (AvgIpc) is 1.63. The summed E-state index contributed by atoms with van der Waals surface area (Å²) in [6.07, 6.45) is 3.38. The Morgan fingerprint density at radius 2 is 0.686 bits per heavy atom. The van der Waals surface area contributed by atoms with E-state index in [1.165, 1.54) is 231 Å². The molecule has 0 spiro atoms. The Labute approximate surface area is 686 Å². The van der Waals surface area contributed by atoms with E-state index in [1.807, 2.05) is 0 Å². The molecule has 0 fully saturated rings. The first-order valence-corrected chi connectivity index (χ1v) is 47.1. The van der Waals surface area contributed by atoms with Crippen LogP contribution in [0.4, 0.5) is 0 Å². The lowest BCUT2D eigenvalue weighted by Crippen LogP contribution is -2.76. The quantitative estimate of drug-likeness (QED) is 0.0935. The number of para-hydroxylation sites is 3. The number of hydrogen-bond donors (Lipinski definition) is 0. The minimum atomic E-state index is -2.30. The molecule has 0 bridgehead atoms. The van der Waals surface area contributed by atoms with Crippen LogP contribution in [0.5, 0.6) is 0 Å². The van der Waals surface area contributed by atoms with Gasteiger partial charge in [-0.2, -0.15) is 17.6 Å². The van der Waals surface area contributed by atoms with Crippen molar-refractivity contribution in [1.82, 2.24) is 18.3 Å². The minimum Gasteiger partial charge on any atom is -0.223 e. The van der Waals surface area contributed by atoms with Crippen LogP contribution in [0.3, 0.4) is 0 Å². The van der Waals surface area contributed by atoms with Gasteiger partial charge < -0.3 is 0 Å². The second-order valence-electron chi connectivity index (χ2n) is 36.1. The van der Waals surface area contributed by atoms with Gasteiger partial charge in [-0.25, -0.2) is 18.3 Å². The van der Waals surface area contributed by atoms with E-state index in [4.69, 9.17) is 0 Å². The summed E-state index contributed by atoms with van der Waals surface area (Å²) in [6, 6.07) is 108. The van der Waals surface area contributed by atoms with E-state index < -0.39 is 16.1 Å². The van der Waals surface area contributed by atoms with Gasteiger partial charge in [-0.15, -0.1) is 0 Å². The van der Waals surface area contributed by atoms with Crippen LogP contribution in [0, 0.1) is 41.5 Å². The van der Waals surface area contributed by atoms with E-state index in [9.17, 15) is 0 Å². The zero-order chi connectivity index (χ0) is 78.4. The zero-order valence-electron chi connectivity index (χ0n) is 68.0. The van der Waals surface area contributed by atoms with Gasteiger partial charge in [-0.05, 0) is 98.6 Å². The summed E-state index contributed by atoms with van der Waals surface area (Å²) in [7, 11) is -4.58. The number of imidazole rings is 4. The third kappa shape index (κ3) is 8.43. The second kappa shape index (κ2) is 23.7. The summed E-state index contributed by atoms with van der Waals surface area (Å²) in [6.45, 7) is 22.6. The van der Waals surface area contributed by atoms with Gasteiger partial charge in [-0.1, -0.05) is 281 Å². The van der Waals surface area contributed by atoms with Gasteiger partial charge in [0.25, 0.3) is 22.6 Å². The normalized spacial score (nSPS) is 15.5. The highest BCUT2D eigenvalue weighted by Gasteiger charge is 2.54. The van der Waals surface area contributed by atoms with E-state index in [-0.39, 0.29) is 5.41 Å². The van der Waals surface area contributed by atoms with Crippen molar-refractivity contribution in [2.75, 3.05) is 0 Å². The van der Waals surface area contributed by atoms with Gasteiger partial charge in [0.05, 0.1) is 21.5 Å². The summed E-state index contributed by atoms with van der Waals surface area (Å²) in [4.78, 5) is 0. The van der Waals surface area contributed by atoms with Gasteiger partial charge in [-0.3, -0.25) is 0 Å². The van der Waals surface area contributed by atoms with E-state index in [1.54, 1.807) is 10.5 Å². The Morgan fingerprint density at radius 1 is 0.297 bits per heavy atom. The molecule has 29 rings (SSSR count). The Balaban J connectivity index is 0.0000000863. The molecule has 0 aliphatic carbocycles. The van der Waals surface area contributed by atoms with Crippen LogP contribution in [0.15, 0.2) is 279 Å². The number of pyridine rings is 4. The predicted octanol–water partition coefficient (Wildman–Crippen LogP) is 17.2. The Morgan fingerprint density at radius 3 is 1.21 bits per heavy atom. The van der Waals surface area contributed by atoms with Gasteiger partial charge >= 0.3 is 0 Å². The summed E-state index contributed by atoms with van der Waals surface area (Å²) in [5.74, 6) is 0. The third-order valence-corrected chi connectivity index (χ3v) is 39.6. The fourth-order valence-corrected chi connectivity index (χ4v) is 35.3. The highest BCUT2D eigenvalue weighted by Crippen LogP contribution is 2.47. The van der Waals surface area contributed by atoms with Gasteiger partial charge in [0.1, 0.15) is 82.0 Å². The smallest absolute Gasteiger partial charge is 0.223 e. The lowest BCUT2D eigenvalue weighted by molar-refractivity contribution is -0.498. The van der Waals surface area contributed by atoms with Crippen LogP contribution in [-0.4, -0.2) is 34.4 Å². The molecule has 16 heterocycles. The van der Waals surface area contributed by atoms with Crippen molar-refractivity contribution in [2.24, 2.45) is 0 Å². The Bertz CT molecular complexity index is 8080. The topological polar surface area (TPSA) is 36.1 Å². The highest BCUT2D eigenvalue weighted by molar-refractivity contribution is 7.12. The van der Waals surface area contributed by atoms with Crippen LogP contribution in [0.1, 0.15) is 104 Å². The maximum atomic E-state index is 2.69. The number of aromatic nitrogens is 8. The minimum absolute atomic E-state index is 0.180. The first-order valence-electron chi connectivity index (χ1n) is 42.7. The van der Waals surface area contributed by atoms with Crippen LogP contribution in [0.25, 0.3) is 120 Å². The molecule has 564 valence electrons. The molecule has 0 atom stereocenters. The molecule has 8 aliphatic rings. The van der Waals surface area contributed by atoms with Crippen LogP contribution in [-0.2, 0) is 62.9 Å². The SMILES string of the molecule is Cc1c2[n+]3c4c(cccc4c4cccc5c4c3n1C5)CC2(C)C.Cc1c2[n+]3c4c(cccc4c4cccc5c4c3n1C5)C[Si]2(c1ccccc1)c1ccccc1.Cc1c2[n+]3c4c(cccc4c4cccc5c4c3n1C5)[Si](c1ccccc1)(c1ccccc1)C2.Cc1cccc(C)c1-c1cc2c3c(c1)c1cccc4c1c1n(c(C)c([n+]31)CC2)C4. The molecule has 0 amide bonds. The summed E-state index contributed by atoms with van der Waals surface area (Å²) < 4.78 is 20.8. The first-order chi connectivity index (χ1) is 57.8. The van der Waals surface area contributed by atoms with E-state index in [0.29, 0.717) is 0 Å². The third-order valence-electron chi connectivity index (χ3n) is 29.8. The molecule has 0 radical (unpaired) electrons. The average molecular weight is 1550 g/mol. The van der Waals surface area contributed by atoms with Crippen LogP contribution in [0.2, 0.25) is 0 Å². The molecule has 0 unspecified atom stereocenters. The van der Waals surface area contributed by atoms with Crippen LogP contribution < -0.4 is 48.9 Å². The lowest BCUT2D eigenvalue weighted by Gasteiger charge is -2.35. The molecule has 0 N–H and O–H groups in total. The van der Waals surface area contributed by atoms with Crippen molar-refractivity contribution in [1.29, 1.82) is 0 Å². The summed E-state index contributed by atoms with van der Waals surface area (Å²) in [5, 5.41) is 26.2. The molecule has 0 saturated heterocycles. The number of hydrogen-bond acceptors (Lipinski definition) is 0. The molecule has 118 heavy (non-hydrogen) atoms. The fourth-order valence-electron chi connectivity index (χ4n) is 25.1. The molecule has 13 aromatic carbocycles. The van der Waals surface area contributed by atoms with Crippen molar-refractivity contribution in [2.45, 2.75) is 118 Å². The predicted molar refractivity (Wildman–Crippen MR) is 487 cm³/mol. The molecular weight excluding hydrogens is 1470 g/mol.